The molecule has 0 fully saturated rings. The molecule has 0 bridgehead atoms. The van der Waals surface area contributed by atoms with Crippen molar-refractivity contribution in [2.45, 2.75) is 6.92 Å². The summed E-state index contributed by atoms with van der Waals surface area (Å²) in [5.41, 5.74) is 1.44. The fourth-order valence-electron chi connectivity index (χ4n) is 2.91. The van der Waals surface area contributed by atoms with Crippen LogP contribution in [0.4, 0.5) is 20.9 Å². The number of nitro benzene ring substituents is 1. The van der Waals surface area contributed by atoms with Crippen molar-refractivity contribution in [1.29, 1.82) is 0 Å². The number of carbonyl (C=O) groups excluding carboxylic acids is 1. The van der Waals surface area contributed by atoms with Crippen LogP contribution in [-0.4, -0.2) is 22.4 Å². The van der Waals surface area contributed by atoms with Gasteiger partial charge in [-0.1, -0.05) is 29.5 Å². The number of rotatable bonds is 6. The van der Waals surface area contributed by atoms with E-state index in [4.69, 9.17) is 4.74 Å². The molecule has 0 saturated carbocycles. The Labute approximate surface area is 180 Å². The molecule has 3 aromatic carbocycles. The predicted molar refractivity (Wildman–Crippen MR) is 116 cm³/mol. The maximum Gasteiger partial charge on any atom is 0.271 e. The van der Waals surface area contributed by atoms with Crippen LogP contribution in [0.1, 0.15) is 5.56 Å². The molecule has 0 aliphatic carbocycles. The lowest BCUT2D eigenvalue weighted by Crippen LogP contribution is -2.31. The fraction of sp³-hybridized carbons (Fsp3) is 0.0909. The molecule has 0 spiro atoms. The number of nitrogens with zero attached hydrogens (tertiary/aromatic N) is 3. The Morgan fingerprint density at radius 2 is 1.90 bits per heavy atom. The number of hydrogen-bond donors (Lipinski definition) is 0. The van der Waals surface area contributed by atoms with Crippen molar-refractivity contribution in [1.82, 2.24) is 4.98 Å². The summed E-state index contributed by atoms with van der Waals surface area (Å²) in [7, 11) is 0. The average molecular weight is 437 g/mol. The van der Waals surface area contributed by atoms with Gasteiger partial charge in [0.2, 0.25) is 0 Å². The highest BCUT2D eigenvalue weighted by Crippen LogP contribution is 2.34. The van der Waals surface area contributed by atoms with Crippen LogP contribution in [-0.2, 0) is 4.79 Å². The van der Waals surface area contributed by atoms with E-state index < -0.39 is 16.6 Å². The number of nitro groups is 1. The van der Waals surface area contributed by atoms with Crippen LogP contribution < -0.4 is 9.64 Å². The number of aryl methyl sites for hydroxylation is 1. The van der Waals surface area contributed by atoms with Gasteiger partial charge < -0.3 is 4.74 Å². The molecule has 0 N–H and O–H groups in total. The molecule has 0 aliphatic heterocycles. The van der Waals surface area contributed by atoms with Crippen LogP contribution >= 0.6 is 11.3 Å². The van der Waals surface area contributed by atoms with E-state index in [0.717, 1.165) is 10.2 Å². The molecule has 0 aliphatic rings. The van der Waals surface area contributed by atoms with Crippen LogP contribution in [0.25, 0.3) is 10.2 Å². The molecule has 9 heteroatoms. The number of anilines is 2. The molecule has 1 amide bonds. The number of thiazole rings is 1. The maximum absolute atomic E-state index is 14.2. The summed E-state index contributed by atoms with van der Waals surface area (Å²) in [6, 6.07) is 17.4. The van der Waals surface area contributed by atoms with E-state index in [-0.39, 0.29) is 12.3 Å². The van der Waals surface area contributed by atoms with Gasteiger partial charge in [0.25, 0.3) is 11.6 Å². The Morgan fingerprint density at radius 1 is 1.16 bits per heavy atom. The highest BCUT2D eigenvalue weighted by Gasteiger charge is 2.23. The number of fused-ring (bicyclic) bond motifs is 1. The zero-order valence-corrected chi connectivity index (χ0v) is 17.1. The first-order valence-corrected chi connectivity index (χ1v) is 10.1. The number of carbonyl (C=O) groups is 1. The highest BCUT2D eigenvalue weighted by atomic mass is 32.1. The van der Waals surface area contributed by atoms with Crippen molar-refractivity contribution in [2.24, 2.45) is 0 Å². The van der Waals surface area contributed by atoms with Crippen LogP contribution in [0, 0.1) is 22.9 Å². The van der Waals surface area contributed by atoms with E-state index in [9.17, 15) is 19.3 Å². The summed E-state index contributed by atoms with van der Waals surface area (Å²) in [4.78, 5) is 29.2. The Bertz CT molecular complexity index is 1240. The van der Waals surface area contributed by atoms with Crippen LogP contribution in [0.15, 0.2) is 66.7 Å². The zero-order chi connectivity index (χ0) is 22.0. The highest BCUT2D eigenvalue weighted by molar-refractivity contribution is 7.22. The summed E-state index contributed by atoms with van der Waals surface area (Å²) < 4.78 is 20.6. The minimum Gasteiger partial charge on any atom is -0.484 e. The van der Waals surface area contributed by atoms with Crippen molar-refractivity contribution in [2.75, 3.05) is 11.5 Å². The summed E-state index contributed by atoms with van der Waals surface area (Å²) in [6.45, 7) is 1.28. The largest absolute Gasteiger partial charge is 0.484 e. The second-order valence-corrected chi connectivity index (χ2v) is 7.68. The lowest BCUT2D eigenvalue weighted by Gasteiger charge is -2.20. The number of hydrogen-bond acceptors (Lipinski definition) is 6. The zero-order valence-electron chi connectivity index (χ0n) is 16.3. The third kappa shape index (κ3) is 4.36. The quantitative estimate of drug-likeness (QED) is 0.298. The third-order valence-electron chi connectivity index (χ3n) is 4.55. The lowest BCUT2D eigenvalue weighted by molar-refractivity contribution is -0.384. The van der Waals surface area contributed by atoms with Gasteiger partial charge in [-0.15, -0.1) is 0 Å². The molecule has 1 aromatic heterocycles. The van der Waals surface area contributed by atoms with Crippen molar-refractivity contribution >= 4 is 44.0 Å². The smallest absolute Gasteiger partial charge is 0.271 e. The van der Waals surface area contributed by atoms with E-state index in [1.54, 1.807) is 19.1 Å². The first-order valence-electron chi connectivity index (χ1n) is 9.24. The second-order valence-electron chi connectivity index (χ2n) is 6.67. The lowest BCUT2D eigenvalue weighted by atomic mass is 10.2. The molecule has 1 heterocycles. The van der Waals surface area contributed by atoms with Crippen molar-refractivity contribution in [3.8, 4) is 5.75 Å². The molecule has 4 aromatic rings. The van der Waals surface area contributed by atoms with Crippen molar-refractivity contribution < 1.29 is 18.8 Å². The minimum atomic E-state index is -0.518. The summed E-state index contributed by atoms with van der Waals surface area (Å²) in [5.74, 6) is -0.591. The molecule has 0 saturated heterocycles. The third-order valence-corrected chi connectivity index (χ3v) is 5.57. The van der Waals surface area contributed by atoms with Crippen molar-refractivity contribution in [3.63, 3.8) is 0 Å². The number of non-ortho nitro benzene ring substituents is 1. The SMILES string of the molecule is Cc1ccc(N(C(=O)COc2ccc([N+](=O)[O-])cc2)c2nc3ccccc3s2)cc1F. The topological polar surface area (TPSA) is 85.6 Å². The van der Waals surface area contributed by atoms with Gasteiger partial charge in [0.1, 0.15) is 11.6 Å². The number of aromatic nitrogens is 1. The van der Waals surface area contributed by atoms with Gasteiger partial charge in [-0.2, -0.15) is 0 Å². The maximum atomic E-state index is 14.2. The molecular weight excluding hydrogens is 421 g/mol. The molecule has 0 radical (unpaired) electrons. The second kappa shape index (κ2) is 8.49. The molecule has 4 rings (SSSR count). The number of ether oxygens (including phenoxy) is 1. The standard InChI is InChI=1S/C22H16FN3O4S/c1-14-6-7-16(12-18(14)23)25(22-24-19-4-2-3-5-20(19)31-22)21(27)13-30-17-10-8-15(9-11-17)26(28)29/h2-12H,13H2,1H3. The van der Waals surface area contributed by atoms with E-state index in [1.807, 2.05) is 24.3 Å². The Morgan fingerprint density at radius 3 is 2.58 bits per heavy atom. The van der Waals surface area contributed by atoms with Gasteiger partial charge >= 0.3 is 0 Å². The normalized spacial score (nSPS) is 10.8. The van der Waals surface area contributed by atoms with Gasteiger partial charge in [-0.3, -0.25) is 19.8 Å². The van der Waals surface area contributed by atoms with Gasteiger partial charge in [-0.05, 0) is 48.9 Å². The average Bonchev–Trinajstić information content (AvgIpc) is 3.18. The summed E-state index contributed by atoms with van der Waals surface area (Å²) in [5, 5.41) is 11.2. The number of amides is 1. The predicted octanol–water partition coefficient (Wildman–Crippen LogP) is 5.40. The number of halogens is 1. The molecule has 0 unspecified atom stereocenters. The van der Waals surface area contributed by atoms with Crippen LogP contribution in [0.2, 0.25) is 0 Å². The minimum absolute atomic E-state index is 0.0788. The summed E-state index contributed by atoms with van der Waals surface area (Å²) >= 11 is 1.31. The van der Waals surface area contributed by atoms with E-state index in [2.05, 4.69) is 4.98 Å². The molecule has 7 nitrogen and oxygen atoms in total. The Hall–Kier alpha value is -3.85. The van der Waals surface area contributed by atoms with Crippen LogP contribution in [0.5, 0.6) is 5.75 Å². The van der Waals surface area contributed by atoms with Gasteiger partial charge in [0.05, 0.1) is 20.8 Å². The summed E-state index contributed by atoms with van der Waals surface area (Å²) in [6.07, 6.45) is 0. The van der Waals surface area contributed by atoms with Gasteiger partial charge in [0, 0.05) is 12.1 Å². The van der Waals surface area contributed by atoms with Gasteiger partial charge in [0.15, 0.2) is 11.7 Å². The van der Waals surface area contributed by atoms with Crippen molar-refractivity contribution in [3.05, 3.63) is 88.2 Å². The van der Waals surface area contributed by atoms with E-state index in [1.165, 1.54) is 46.6 Å². The Kier molecular flexibility index (Phi) is 5.59. The molecule has 0 atom stereocenters. The monoisotopic (exact) mass is 437 g/mol. The first-order chi connectivity index (χ1) is 14.9. The number of para-hydroxylation sites is 1. The van der Waals surface area contributed by atoms with E-state index >= 15 is 0 Å². The molecular formula is C22H16FN3O4S. The fourth-order valence-corrected chi connectivity index (χ4v) is 3.92. The van der Waals surface area contributed by atoms with Crippen LogP contribution in [0.3, 0.4) is 0 Å². The first kappa shape index (κ1) is 20.4. The van der Waals surface area contributed by atoms with Gasteiger partial charge in [-0.25, -0.2) is 9.37 Å². The van der Waals surface area contributed by atoms with E-state index in [0.29, 0.717) is 22.1 Å². The number of benzene rings is 3. The Balaban J connectivity index is 1.63. The molecule has 31 heavy (non-hydrogen) atoms. The molecule has 156 valence electrons.